The highest BCUT2D eigenvalue weighted by Gasteiger charge is 2.51. The maximum absolute atomic E-state index is 13.6. The van der Waals surface area contributed by atoms with Crippen LogP contribution in [-0.4, -0.2) is 38.2 Å². The molecule has 5 nitrogen and oxygen atoms in total. The molecule has 31 heavy (non-hydrogen) atoms. The second-order valence-electron chi connectivity index (χ2n) is 10.4. The second-order valence-corrected chi connectivity index (χ2v) is 10.4. The number of carbonyl (C=O) groups is 1. The summed E-state index contributed by atoms with van der Waals surface area (Å²) in [4.78, 5) is 20.4. The number of carbonyl (C=O) groups excluding carboxylic acids is 1. The lowest BCUT2D eigenvalue weighted by molar-refractivity contribution is 0.0696. The summed E-state index contributed by atoms with van der Waals surface area (Å²) in [5.41, 5.74) is 2.53. The van der Waals surface area contributed by atoms with E-state index < -0.39 is 0 Å². The van der Waals surface area contributed by atoms with Crippen LogP contribution in [0.1, 0.15) is 62.0 Å². The Morgan fingerprint density at radius 3 is 2.39 bits per heavy atom. The molecule has 5 rings (SSSR count). The topological polar surface area (TPSA) is 51.0 Å². The van der Waals surface area contributed by atoms with Crippen molar-refractivity contribution in [3.63, 3.8) is 0 Å². The van der Waals surface area contributed by atoms with Gasteiger partial charge in [-0.3, -0.25) is 4.79 Å². The number of rotatable bonds is 4. The first-order chi connectivity index (χ1) is 14.8. The number of likely N-dealkylation sites (tertiary alicyclic amines) is 1. The zero-order chi connectivity index (χ0) is 21.6. The molecule has 1 saturated carbocycles. The molecule has 2 heterocycles. The van der Waals surface area contributed by atoms with Gasteiger partial charge in [-0.1, -0.05) is 69.3 Å². The molecular weight excluding hydrogens is 384 g/mol. The predicted molar refractivity (Wildman–Crippen MR) is 121 cm³/mol. The Hall–Kier alpha value is -2.95. The van der Waals surface area contributed by atoms with Crippen LogP contribution < -0.4 is 0 Å². The fraction of sp³-hybridized carbons (Fsp3) is 0.423. The molecule has 3 aromatic rings. The van der Waals surface area contributed by atoms with E-state index in [0.29, 0.717) is 12.2 Å². The van der Waals surface area contributed by atoms with Crippen LogP contribution in [-0.2, 0) is 6.42 Å². The maximum Gasteiger partial charge on any atom is 0.293 e. The van der Waals surface area contributed by atoms with E-state index in [1.54, 1.807) is 0 Å². The molecule has 0 spiro atoms. The lowest BCUT2D eigenvalue weighted by atomic mass is 9.65. The van der Waals surface area contributed by atoms with Gasteiger partial charge in [0, 0.05) is 19.0 Å². The smallest absolute Gasteiger partial charge is 0.293 e. The lowest BCUT2D eigenvalue weighted by Crippen LogP contribution is -2.38. The Morgan fingerprint density at radius 2 is 1.68 bits per heavy atom. The van der Waals surface area contributed by atoms with E-state index in [0.717, 1.165) is 42.9 Å². The molecule has 1 aromatic heterocycles. The lowest BCUT2D eigenvalue weighted by Gasteiger charge is -2.39. The summed E-state index contributed by atoms with van der Waals surface area (Å²) in [5.74, 6) is 1.06. The molecule has 2 aliphatic rings. The molecule has 5 heteroatoms. The quantitative estimate of drug-likeness (QED) is 0.610. The molecule has 2 unspecified atom stereocenters. The fourth-order valence-corrected chi connectivity index (χ4v) is 5.93. The number of fused-ring (bicyclic) bond motifs is 2. The Labute approximate surface area is 184 Å². The van der Waals surface area contributed by atoms with Crippen LogP contribution in [0.15, 0.2) is 60.7 Å². The average molecular weight is 415 g/mol. The summed E-state index contributed by atoms with van der Waals surface area (Å²) in [7, 11) is 0. The van der Waals surface area contributed by atoms with Gasteiger partial charge in [0.25, 0.3) is 5.91 Å². The molecule has 1 aliphatic heterocycles. The molecule has 0 N–H and O–H groups in total. The summed E-state index contributed by atoms with van der Waals surface area (Å²) < 4.78 is 1.83. The Kier molecular flexibility index (Phi) is 4.72. The number of aromatic nitrogens is 3. The first-order valence-electron chi connectivity index (χ1n) is 11.2. The standard InChI is InChI=1S/C26H30N4O/c1-25(2)15-21-16-26(3,17-25)18-29(21)24(31)23-27-22(14-19-10-6-4-7-11-19)30(28-23)20-12-8-5-9-13-20/h4-13,21H,14-18H2,1-3H3. The summed E-state index contributed by atoms with van der Waals surface area (Å²) in [6, 6.07) is 20.5. The zero-order valence-electron chi connectivity index (χ0n) is 18.6. The van der Waals surface area contributed by atoms with Crippen molar-refractivity contribution in [3.05, 3.63) is 77.9 Å². The summed E-state index contributed by atoms with van der Waals surface area (Å²) >= 11 is 0. The molecule has 2 fully saturated rings. The molecule has 1 saturated heterocycles. The van der Waals surface area contributed by atoms with Crippen LogP contribution in [0.2, 0.25) is 0 Å². The molecule has 1 amide bonds. The van der Waals surface area contributed by atoms with E-state index in [1.807, 2.05) is 58.1 Å². The number of hydrogen-bond donors (Lipinski definition) is 0. The van der Waals surface area contributed by atoms with Gasteiger partial charge in [-0.05, 0) is 47.8 Å². The van der Waals surface area contributed by atoms with Gasteiger partial charge in [-0.2, -0.15) is 0 Å². The van der Waals surface area contributed by atoms with Crippen LogP contribution >= 0.6 is 0 Å². The SMILES string of the molecule is CC1(C)CC2CC(C)(CN2C(=O)c2nc(Cc3ccccc3)n(-c3ccccc3)n2)C1. The van der Waals surface area contributed by atoms with Crippen molar-refractivity contribution in [2.24, 2.45) is 10.8 Å². The van der Waals surface area contributed by atoms with Crippen molar-refractivity contribution >= 4 is 5.91 Å². The van der Waals surface area contributed by atoms with E-state index in [1.165, 1.54) is 0 Å². The van der Waals surface area contributed by atoms with Gasteiger partial charge in [0.15, 0.2) is 0 Å². The van der Waals surface area contributed by atoms with Crippen molar-refractivity contribution in [1.82, 2.24) is 19.7 Å². The normalized spacial score (nSPS) is 24.4. The highest BCUT2D eigenvalue weighted by molar-refractivity contribution is 5.91. The van der Waals surface area contributed by atoms with Gasteiger partial charge < -0.3 is 4.90 Å². The van der Waals surface area contributed by atoms with E-state index in [4.69, 9.17) is 10.1 Å². The van der Waals surface area contributed by atoms with Crippen LogP contribution in [0.5, 0.6) is 0 Å². The van der Waals surface area contributed by atoms with E-state index in [2.05, 4.69) is 32.9 Å². The second kappa shape index (κ2) is 7.33. The van der Waals surface area contributed by atoms with Gasteiger partial charge in [-0.25, -0.2) is 9.67 Å². The van der Waals surface area contributed by atoms with E-state index in [9.17, 15) is 4.79 Å². The van der Waals surface area contributed by atoms with Gasteiger partial charge in [0.05, 0.1) is 5.69 Å². The van der Waals surface area contributed by atoms with E-state index >= 15 is 0 Å². The summed E-state index contributed by atoms with van der Waals surface area (Å²) in [5, 5.41) is 4.71. The number of benzene rings is 2. The number of nitrogens with zero attached hydrogens (tertiary/aromatic N) is 4. The van der Waals surface area contributed by atoms with Gasteiger partial charge in [0.1, 0.15) is 5.82 Å². The zero-order valence-corrected chi connectivity index (χ0v) is 18.6. The highest BCUT2D eigenvalue weighted by Crippen LogP contribution is 2.52. The molecule has 0 radical (unpaired) electrons. The third kappa shape index (κ3) is 3.89. The van der Waals surface area contributed by atoms with Crippen molar-refractivity contribution in [3.8, 4) is 5.69 Å². The van der Waals surface area contributed by atoms with Crippen molar-refractivity contribution in [2.75, 3.05) is 6.54 Å². The molecular formula is C26H30N4O. The monoisotopic (exact) mass is 414 g/mol. The predicted octanol–water partition coefficient (Wildman–Crippen LogP) is 4.90. The largest absolute Gasteiger partial charge is 0.332 e. The van der Waals surface area contributed by atoms with Crippen LogP contribution in [0.3, 0.4) is 0 Å². The Morgan fingerprint density at radius 1 is 1.00 bits per heavy atom. The van der Waals surface area contributed by atoms with Crippen molar-refractivity contribution < 1.29 is 4.79 Å². The Bertz CT molecular complexity index is 1090. The third-order valence-electron chi connectivity index (χ3n) is 6.75. The number of amides is 1. The minimum absolute atomic E-state index is 0.0320. The van der Waals surface area contributed by atoms with E-state index in [-0.39, 0.29) is 22.8 Å². The molecule has 2 atom stereocenters. The van der Waals surface area contributed by atoms with Crippen LogP contribution in [0, 0.1) is 10.8 Å². The molecule has 2 bridgehead atoms. The number of hydrogen-bond acceptors (Lipinski definition) is 3. The fourth-order valence-electron chi connectivity index (χ4n) is 5.93. The minimum Gasteiger partial charge on any atom is -0.332 e. The van der Waals surface area contributed by atoms with Crippen LogP contribution in [0.4, 0.5) is 0 Å². The van der Waals surface area contributed by atoms with Crippen molar-refractivity contribution in [1.29, 1.82) is 0 Å². The third-order valence-corrected chi connectivity index (χ3v) is 6.75. The maximum atomic E-state index is 13.6. The van der Waals surface area contributed by atoms with Crippen LogP contribution in [0.25, 0.3) is 5.69 Å². The highest BCUT2D eigenvalue weighted by atomic mass is 16.2. The number of para-hydroxylation sites is 1. The molecule has 2 aromatic carbocycles. The summed E-state index contributed by atoms with van der Waals surface area (Å²) in [6.45, 7) is 7.77. The van der Waals surface area contributed by atoms with Crippen molar-refractivity contribution in [2.45, 2.75) is 52.5 Å². The average Bonchev–Trinajstić information content (AvgIpc) is 3.26. The minimum atomic E-state index is -0.0320. The first kappa shape index (κ1) is 20.0. The van der Waals surface area contributed by atoms with Gasteiger partial charge >= 0.3 is 0 Å². The van der Waals surface area contributed by atoms with Gasteiger partial charge in [-0.15, -0.1) is 5.10 Å². The Balaban J connectivity index is 1.49. The summed E-state index contributed by atoms with van der Waals surface area (Å²) in [6.07, 6.45) is 3.92. The van der Waals surface area contributed by atoms with Gasteiger partial charge in [0.2, 0.25) is 5.82 Å². The molecule has 1 aliphatic carbocycles. The molecule has 160 valence electrons. The first-order valence-corrected chi connectivity index (χ1v) is 11.2.